The molecule has 0 aromatic heterocycles. The first-order valence-electron chi connectivity index (χ1n) is 9.34. The number of urea groups is 1. The van der Waals surface area contributed by atoms with Crippen LogP contribution in [0.3, 0.4) is 0 Å². The molecular weight excluding hydrogens is 326 g/mol. The van der Waals surface area contributed by atoms with Crippen molar-refractivity contribution in [3.05, 3.63) is 48.0 Å². The number of carbonyl (C=O) groups is 2. The molecule has 1 fully saturated rings. The Kier molecular flexibility index (Phi) is 5.89. The average Bonchev–Trinajstić information content (AvgIpc) is 3.07. The van der Waals surface area contributed by atoms with E-state index in [4.69, 9.17) is 0 Å². The first-order valence-corrected chi connectivity index (χ1v) is 9.34. The highest BCUT2D eigenvalue weighted by Crippen LogP contribution is 2.35. The normalized spacial score (nSPS) is 17.6. The van der Waals surface area contributed by atoms with Crippen LogP contribution in [0.1, 0.15) is 38.3 Å². The van der Waals surface area contributed by atoms with E-state index in [1.165, 1.54) is 16.3 Å². The van der Waals surface area contributed by atoms with E-state index < -0.39 is 6.03 Å². The molecule has 1 heterocycles. The molecule has 3 rings (SSSR count). The Hall–Kier alpha value is -2.40. The van der Waals surface area contributed by atoms with Crippen molar-refractivity contribution < 1.29 is 9.59 Å². The Labute approximate surface area is 154 Å². The summed E-state index contributed by atoms with van der Waals surface area (Å²) < 4.78 is 0. The lowest BCUT2D eigenvalue weighted by molar-refractivity contribution is -0.121. The van der Waals surface area contributed by atoms with Crippen LogP contribution in [0, 0.1) is 5.92 Å². The fraction of sp³-hybridized carbons (Fsp3) is 0.429. The quantitative estimate of drug-likeness (QED) is 0.865. The molecular formula is C21H27N3O2. The summed E-state index contributed by atoms with van der Waals surface area (Å²) in [5, 5.41) is 7.61. The first kappa shape index (κ1) is 18.4. The van der Waals surface area contributed by atoms with E-state index in [-0.39, 0.29) is 18.5 Å². The summed E-state index contributed by atoms with van der Waals surface area (Å²) in [5.41, 5.74) is 1.26. The highest BCUT2D eigenvalue weighted by atomic mass is 16.2. The summed E-state index contributed by atoms with van der Waals surface area (Å²) in [5.74, 6) is 0.101. The zero-order valence-corrected chi connectivity index (χ0v) is 15.5. The second-order valence-electron chi connectivity index (χ2n) is 7.35. The van der Waals surface area contributed by atoms with Crippen molar-refractivity contribution in [2.24, 2.45) is 5.92 Å². The molecule has 1 aliphatic rings. The minimum atomic E-state index is -0.412. The van der Waals surface area contributed by atoms with Gasteiger partial charge in [-0.1, -0.05) is 56.3 Å². The van der Waals surface area contributed by atoms with Crippen molar-refractivity contribution in [1.82, 2.24) is 15.5 Å². The number of fused-ring (bicyclic) bond motifs is 1. The lowest BCUT2D eigenvalue weighted by Gasteiger charge is -2.25. The van der Waals surface area contributed by atoms with Crippen molar-refractivity contribution in [2.45, 2.75) is 32.7 Å². The molecule has 1 atom stereocenters. The molecule has 0 saturated carbocycles. The van der Waals surface area contributed by atoms with Gasteiger partial charge in [-0.05, 0) is 41.6 Å². The number of amides is 3. The molecule has 26 heavy (non-hydrogen) atoms. The molecule has 1 saturated heterocycles. The number of likely N-dealkylation sites (tertiary alicyclic amines) is 1. The van der Waals surface area contributed by atoms with Gasteiger partial charge in [0.05, 0.1) is 6.54 Å². The maximum absolute atomic E-state index is 12.3. The van der Waals surface area contributed by atoms with Gasteiger partial charge in [-0.25, -0.2) is 4.79 Å². The molecule has 2 aromatic rings. The third-order valence-corrected chi connectivity index (χ3v) is 4.82. The van der Waals surface area contributed by atoms with Gasteiger partial charge in [-0.2, -0.15) is 0 Å². The SMILES string of the molecule is CC(C)CNC(=O)NC(=O)CN1CCCC1c1cccc2ccccc12. The Balaban J connectivity index is 1.66. The molecule has 5 heteroatoms. The van der Waals surface area contributed by atoms with Crippen LogP contribution in [0.4, 0.5) is 4.79 Å². The third kappa shape index (κ3) is 4.41. The molecule has 0 radical (unpaired) electrons. The number of nitrogens with zero attached hydrogens (tertiary/aromatic N) is 1. The highest BCUT2D eigenvalue weighted by molar-refractivity contribution is 5.95. The van der Waals surface area contributed by atoms with Crippen molar-refractivity contribution in [3.8, 4) is 0 Å². The summed E-state index contributed by atoms with van der Waals surface area (Å²) in [4.78, 5) is 26.3. The second kappa shape index (κ2) is 8.32. The minimum Gasteiger partial charge on any atom is -0.338 e. The van der Waals surface area contributed by atoms with Gasteiger partial charge in [0.15, 0.2) is 0 Å². The number of nitrogens with one attached hydrogen (secondary N) is 2. The van der Waals surface area contributed by atoms with Crippen LogP contribution in [0.5, 0.6) is 0 Å². The van der Waals surface area contributed by atoms with Gasteiger partial charge >= 0.3 is 6.03 Å². The Morgan fingerprint density at radius 3 is 2.73 bits per heavy atom. The van der Waals surface area contributed by atoms with E-state index >= 15 is 0 Å². The van der Waals surface area contributed by atoms with Crippen LogP contribution in [0.25, 0.3) is 10.8 Å². The van der Waals surface area contributed by atoms with Crippen LogP contribution >= 0.6 is 0 Å². The van der Waals surface area contributed by atoms with Gasteiger partial charge in [0.1, 0.15) is 0 Å². The number of benzene rings is 2. The van der Waals surface area contributed by atoms with Crippen LogP contribution in [-0.2, 0) is 4.79 Å². The van der Waals surface area contributed by atoms with E-state index in [2.05, 4.69) is 51.9 Å². The van der Waals surface area contributed by atoms with Crippen LogP contribution in [0.2, 0.25) is 0 Å². The van der Waals surface area contributed by atoms with E-state index in [0.717, 1.165) is 19.4 Å². The van der Waals surface area contributed by atoms with Gasteiger partial charge in [0.25, 0.3) is 0 Å². The molecule has 2 N–H and O–H groups in total. The number of imide groups is 1. The van der Waals surface area contributed by atoms with Crippen molar-refractivity contribution in [3.63, 3.8) is 0 Å². The average molecular weight is 353 g/mol. The van der Waals surface area contributed by atoms with E-state index in [1.807, 2.05) is 19.9 Å². The summed E-state index contributed by atoms with van der Waals surface area (Å²) in [6.45, 7) is 5.70. The zero-order valence-electron chi connectivity index (χ0n) is 15.5. The fourth-order valence-corrected chi connectivity index (χ4v) is 3.60. The summed E-state index contributed by atoms with van der Waals surface area (Å²) in [6, 6.07) is 14.5. The molecule has 5 nitrogen and oxygen atoms in total. The van der Waals surface area contributed by atoms with Gasteiger partial charge in [-0.15, -0.1) is 0 Å². The fourth-order valence-electron chi connectivity index (χ4n) is 3.60. The minimum absolute atomic E-state index is 0.213. The number of hydrogen-bond acceptors (Lipinski definition) is 3. The number of rotatable bonds is 5. The second-order valence-corrected chi connectivity index (χ2v) is 7.35. The van der Waals surface area contributed by atoms with E-state index in [0.29, 0.717) is 12.5 Å². The Morgan fingerprint density at radius 2 is 1.92 bits per heavy atom. The Morgan fingerprint density at radius 1 is 1.15 bits per heavy atom. The molecule has 3 amide bonds. The zero-order chi connectivity index (χ0) is 18.5. The van der Waals surface area contributed by atoms with Crippen LogP contribution in [-0.4, -0.2) is 36.5 Å². The summed E-state index contributed by atoms with van der Waals surface area (Å²) >= 11 is 0. The maximum atomic E-state index is 12.3. The van der Waals surface area contributed by atoms with Crippen LogP contribution < -0.4 is 10.6 Å². The van der Waals surface area contributed by atoms with Crippen molar-refractivity contribution in [2.75, 3.05) is 19.6 Å². The lowest BCUT2D eigenvalue weighted by Crippen LogP contribution is -2.45. The van der Waals surface area contributed by atoms with Gasteiger partial charge in [0, 0.05) is 12.6 Å². The third-order valence-electron chi connectivity index (χ3n) is 4.82. The van der Waals surface area contributed by atoms with Crippen molar-refractivity contribution >= 4 is 22.7 Å². The molecule has 1 unspecified atom stereocenters. The topological polar surface area (TPSA) is 61.4 Å². The standard InChI is InChI=1S/C21H27N3O2/c1-15(2)13-22-21(26)23-20(25)14-24-12-6-11-19(24)18-10-5-8-16-7-3-4-9-17(16)18/h3-5,7-10,15,19H,6,11-14H2,1-2H3,(H2,22,23,25,26). The molecule has 2 aromatic carbocycles. The van der Waals surface area contributed by atoms with E-state index in [1.54, 1.807) is 0 Å². The number of carbonyl (C=O) groups excluding carboxylic acids is 2. The predicted octanol–water partition coefficient (Wildman–Crippen LogP) is 3.46. The molecule has 138 valence electrons. The first-order chi connectivity index (χ1) is 12.5. The maximum Gasteiger partial charge on any atom is 0.321 e. The summed E-state index contributed by atoms with van der Waals surface area (Å²) in [6.07, 6.45) is 2.08. The van der Waals surface area contributed by atoms with Crippen LogP contribution in [0.15, 0.2) is 42.5 Å². The highest BCUT2D eigenvalue weighted by Gasteiger charge is 2.28. The molecule has 1 aliphatic heterocycles. The van der Waals surface area contributed by atoms with E-state index in [9.17, 15) is 9.59 Å². The van der Waals surface area contributed by atoms with Crippen molar-refractivity contribution in [1.29, 1.82) is 0 Å². The Bertz CT molecular complexity index is 782. The van der Waals surface area contributed by atoms with Gasteiger partial charge in [-0.3, -0.25) is 15.0 Å². The predicted molar refractivity (Wildman–Crippen MR) is 104 cm³/mol. The van der Waals surface area contributed by atoms with Gasteiger partial charge < -0.3 is 5.32 Å². The monoisotopic (exact) mass is 353 g/mol. The largest absolute Gasteiger partial charge is 0.338 e. The number of hydrogen-bond donors (Lipinski definition) is 2. The molecule has 0 bridgehead atoms. The molecule has 0 aliphatic carbocycles. The molecule has 0 spiro atoms. The van der Waals surface area contributed by atoms with Gasteiger partial charge in [0.2, 0.25) is 5.91 Å². The summed E-state index contributed by atoms with van der Waals surface area (Å²) in [7, 11) is 0. The smallest absolute Gasteiger partial charge is 0.321 e. The lowest BCUT2D eigenvalue weighted by atomic mass is 9.97.